The lowest BCUT2D eigenvalue weighted by Crippen LogP contribution is -2.47. The molecular formula is C16H22N2O. The molecular weight excluding hydrogens is 236 g/mol. The topological polar surface area (TPSA) is 32.7 Å². The van der Waals surface area contributed by atoms with Crippen molar-refractivity contribution in [2.45, 2.75) is 40.7 Å². The van der Waals surface area contributed by atoms with Crippen LogP contribution in [-0.2, 0) is 0 Å². The van der Waals surface area contributed by atoms with Crippen LogP contribution in [0.3, 0.4) is 0 Å². The predicted octanol–water partition coefficient (Wildman–Crippen LogP) is 3.67. The number of hydrogen-bond donors (Lipinski definition) is 0. The second-order valence-electron chi connectivity index (χ2n) is 6.34. The fraction of sp³-hybridized carbons (Fsp3) is 0.500. The predicted molar refractivity (Wildman–Crippen MR) is 79.2 cm³/mol. The van der Waals surface area contributed by atoms with E-state index in [1.165, 1.54) is 0 Å². The van der Waals surface area contributed by atoms with E-state index >= 15 is 0 Å². The van der Waals surface area contributed by atoms with E-state index < -0.39 is 0 Å². The van der Waals surface area contributed by atoms with Gasteiger partial charge in [-0.2, -0.15) is 0 Å². The molecule has 0 radical (unpaired) electrons. The van der Waals surface area contributed by atoms with Gasteiger partial charge >= 0.3 is 0 Å². The maximum absolute atomic E-state index is 12.7. The van der Waals surface area contributed by atoms with E-state index in [1.54, 1.807) is 0 Å². The van der Waals surface area contributed by atoms with Gasteiger partial charge in [-0.05, 0) is 31.4 Å². The minimum Gasteiger partial charge on any atom is -0.330 e. The maximum atomic E-state index is 12.7. The molecule has 0 unspecified atom stereocenters. The molecule has 3 heteroatoms. The second-order valence-corrected chi connectivity index (χ2v) is 6.34. The van der Waals surface area contributed by atoms with Crippen LogP contribution in [0.5, 0.6) is 0 Å². The maximum Gasteiger partial charge on any atom is 0.256 e. The van der Waals surface area contributed by atoms with Crippen molar-refractivity contribution in [1.82, 2.24) is 4.90 Å². The van der Waals surface area contributed by atoms with Crippen molar-refractivity contribution in [3.8, 4) is 0 Å². The fourth-order valence-electron chi connectivity index (χ4n) is 2.25. The number of carbonyl (C=O) groups is 1. The average Bonchev–Trinajstić information content (AvgIpc) is 2.45. The van der Waals surface area contributed by atoms with E-state index in [0.717, 1.165) is 11.4 Å². The molecule has 1 aliphatic heterocycles. The van der Waals surface area contributed by atoms with Gasteiger partial charge in [-0.25, -0.2) is 0 Å². The monoisotopic (exact) mass is 258 g/mol. The molecule has 2 rings (SSSR count). The van der Waals surface area contributed by atoms with Crippen LogP contribution in [0.4, 0.5) is 5.69 Å². The number of carbonyl (C=O) groups excluding carboxylic acids is 1. The molecule has 0 N–H and O–H groups in total. The van der Waals surface area contributed by atoms with Crippen LogP contribution >= 0.6 is 0 Å². The lowest BCUT2D eigenvalue weighted by atomic mass is 9.86. The number of aliphatic imine (C=N–C) groups is 1. The zero-order valence-corrected chi connectivity index (χ0v) is 12.4. The van der Waals surface area contributed by atoms with Gasteiger partial charge in [0.15, 0.2) is 0 Å². The van der Waals surface area contributed by atoms with E-state index in [1.807, 2.05) is 36.1 Å². The molecule has 1 aromatic rings. The van der Waals surface area contributed by atoms with Gasteiger partial charge in [0.1, 0.15) is 0 Å². The van der Waals surface area contributed by atoms with Crippen LogP contribution in [0.25, 0.3) is 0 Å². The molecule has 3 nitrogen and oxygen atoms in total. The molecule has 0 fully saturated rings. The summed E-state index contributed by atoms with van der Waals surface area (Å²) < 4.78 is 0. The third-order valence-corrected chi connectivity index (χ3v) is 3.83. The molecule has 1 aromatic carbocycles. The number of para-hydroxylation sites is 1. The van der Waals surface area contributed by atoms with Crippen molar-refractivity contribution in [1.29, 1.82) is 0 Å². The molecule has 0 bridgehead atoms. The summed E-state index contributed by atoms with van der Waals surface area (Å²) in [6, 6.07) is 7.75. The summed E-state index contributed by atoms with van der Waals surface area (Å²) in [5.41, 5.74) is 2.52. The Morgan fingerprint density at radius 2 is 1.89 bits per heavy atom. The van der Waals surface area contributed by atoms with Gasteiger partial charge in [0, 0.05) is 11.8 Å². The molecule has 1 heterocycles. The molecule has 1 atom stereocenters. The summed E-state index contributed by atoms with van der Waals surface area (Å²) >= 11 is 0. The molecule has 102 valence electrons. The Morgan fingerprint density at radius 3 is 2.53 bits per heavy atom. The van der Waals surface area contributed by atoms with Crippen molar-refractivity contribution < 1.29 is 4.79 Å². The first-order valence-corrected chi connectivity index (χ1v) is 6.75. The largest absolute Gasteiger partial charge is 0.330 e. The molecule has 19 heavy (non-hydrogen) atoms. The fourth-order valence-corrected chi connectivity index (χ4v) is 2.25. The number of hydrogen-bond acceptors (Lipinski definition) is 2. The van der Waals surface area contributed by atoms with Crippen molar-refractivity contribution in [3.63, 3.8) is 0 Å². The smallest absolute Gasteiger partial charge is 0.256 e. The van der Waals surface area contributed by atoms with Gasteiger partial charge in [-0.15, -0.1) is 0 Å². The summed E-state index contributed by atoms with van der Waals surface area (Å²) in [4.78, 5) is 19.2. The zero-order chi connectivity index (χ0) is 14.2. The number of rotatable bonds is 1. The minimum absolute atomic E-state index is 0.0508. The first kappa shape index (κ1) is 13.8. The van der Waals surface area contributed by atoms with E-state index in [4.69, 9.17) is 0 Å². The van der Waals surface area contributed by atoms with Gasteiger partial charge in [-0.1, -0.05) is 32.9 Å². The van der Waals surface area contributed by atoms with Gasteiger partial charge in [0.2, 0.25) is 0 Å². The van der Waals surface area contributed by atoms with Gasteiger partial charge in [0.25, 0.3) is 5.91 Å². The van der Waals surface area contributed by atoms with Gasteiger partial charge in [0.05, 0.1) is 17.8 Å². The number of benzene rings is 1. The minimum atomic E-state index is 0.0508. The molecule has 1 aliphatic rings. The van der Waals surface area contributed by atoms with Crippen molar-refractivity contribution in [2.24, 2.45) is 10.4 Å². The van der Waals surface area contributed by atoms with Crippen LogP contribution < -0.4 is 0 Å². The first-order chi connectivity index (χ1) is 8.80. The second kappa shape index (κ2) is 4.80. The Labute approximate surface area is 115 Å². The third kappa shape index (κ3) is 2.70. The van der Waals surface area contributed by atoms with Crippen LogP contribution in [0.1, 0.15) is 45.0 Å². The SMILES string of the molecule is CC1=Nc2ccccc2C(=O)N([C@@H](C)C(C)(C)C)C1. The Bertz CT molecular complexity index is 526. The number of amides is 1. The Morgan fingerprint density at radius 1 is 1.26 bits per heavy atom. The highest BCUT2D eigenvalue weighted by Crippen LogP contribution is 2.29. The van der Waals surface area contributed by atoms with E-state index in [0.29, 0.717) is 12.1 Å². The van der Waals surface area contributed by atoms with Crippen LogP contribution in [0, 0.1) is 5.41 Å². The highest BCUT2D eigenvalue weighted by Gasteiger charge is 2.32. The highest BCUT2D eigenvalue weighted by molar-refractivity contribution is 6.04. The van der Waals surface area contributed by atoms with E-state index in [2.05, 4.69) is 32.7 Å². The van der Waals surface area contributed by atoms with E-state index in [9.17, 15) is 4.79 Å². The standard InChI is InChI=1S/C16H22N2O/c1-11-10-18(12(2)16(3,4)5)15(19)13-8-6-7-9-14(13)17-11/h6-9,12H,10H2,1-5H3/t12-/m0/s1. The highest BCUT2D eigenvalue weighted by atomic mass is 16.2. The summed E-state index contributed by atoms with van der Waals surface area (Å²) in [7, 11) is 0. The van der Waals surface area contributed by atoms with Crippen LogP contribution in [-0.4, -0.2) is 29.1 Å². The third-order valence-electron chi connectivity index (χ3n) is 3.83. The normalized spacial score (nSPS) is 17.6. The molecule has 0 saturated heterocycles. The lowest BCUT2D eigenvalue weighted by molar-refractivity contribution is 0.0602. The zero-order valence-electron chi connectivity index (χ0n) is 12.4. The summed E-state index contributed by atoms with van der Waals surface area (Å²) in [5.74, 6) is 0.0821. The molecule has 0 aromatic heterocycles. The van der Waals surface area contributed by atoms with Gasteiger partial charge < -0.3 is 4.90 Å². The molecule has 0 aliphatic carbocycles. The van der Waals surface area contributed by atoms with Crippen molar-refractivity contribution >= 4 is 17.3 Å². The Hall–Kier alpha value is -1.64. The molecule has 1 amide bonds. The summed E-state index contributed by atoms with van der Waals surface area (Å²) in [6.07, 6.45) is 0. The van der Waals surface area contributed by atoms with Crippen molar-refractivity contribution in [2.75, 3.05) is 6.54 Å². The van der Waals surface area contributed by atoms with E-state index in [-0.39, 0.29) is 17.4 Å². The Balaban J connectivity index is 2.46. The van der Waals surface area contributed by atoms with Crippen molar-refractivity contribution in [3.05, 3.63) is 29.8 Å². The Kier molecular flexibility index (Phi) is 3.48. The lowest BCUT2D eigenvalue weighted by Gasteiger charge is -2.37. The molecule has 0 spiro atoms. The van der Waals surface area contributed by atoms with Gasteiger partial charge in [-0.3, -0.25) is 9.79 Å². The number of nitrogens with zero attached hydrogens (tertiary/aromatic N) is 2. The average molecular weight is 258 g/mol. The summed E-state index contributed by atoms with van der Waals surface area (Å²) in [6.45, 7) is 11.2. The van der Waals surface area contributed by atoms with Crippen LogP contribution in [0.15, 0.2) is 29.3 Å². The molecule has 0 saturated carbocycles. The number of fused-ring (bicyclic) bond motifs is 1. The first-order valence-electron chi connectivity index (χ1n) is 6.75. The summed E-state index contributed by atoms with van der Waals surface area (Å²) in [5, 5.41) is 0. The quantitative estimate of drug-likeness (QED) is 0.756. The van der Waals surface area contributed by atoms with Crippen LogP contribution in [0.2, 0.25) is 0 Å².